The Morgan fingerprint density at radius 1 is 1.70 bits per heavy atom. The van der Waals surface area contributed by atoms with Crippen molar-refractivity contribution >= 4 is 28.2 Å². The number of ketones is 1. The highest BCUT2D eigenvalue weighted by molar-refractivity contribution is 9.09. The summed E-state index contributed by atoms with van der Waals surface area (Å²) in [5.74, 6) is 0.171. The third-order valence-electron chi connectivity index (χ3n) is 0.423. The minimum atomic E-state index is 0.171. The fourth-order valence-electron chi connectivity index (χ4n) is 0.0680. The molecule has 0 heterocycles. The average Bonchev–Trinajstić information content (AvgIpc) is 1.91. The molecule has 60 valence electrons. The molecule has 0 N–H and O–H groups in total. The van der Waals surface area contributed by atoms with Gasteiger partial charge in [0.05, 0.1) is 11.9 Å². The number of hydrogen-bond acceptors (Lipinski definition) is 3. The van der Waals surface area contributed by atoms with Crippen LogP contribution in [-0.2, 0) is 14.3 Å². The zero-order chi connectivity index (χ0) is 8.41. The van der Waals surface area contributed by atoms with Crippen LogP contribution in [0.2, 0.25) is 0 Å². The first-order valence-electron chi connectivity index (χ1n) is 2.79. The van der Waals surface area contributed by atoms with Crippen molar-refractivity contribution in [1.29, 1.82) is 0 Å². The van der Waals surface area contributed by atoms with Crippen LogP contribution >= 0.6 is 15.9 Å². The largest absolute Gasteiger partial charge is 0.468 e. The first-order valence-corrected chi connectivity index (χ1v) is 3.91. The third-order valence-corrected chi connectivity index (χ3v) is 1.21. The molecule has 4 heteroatoms. The Labute approximate surface area is 68.9 Å². The van der Waals surface area contributed by atoms with Gasteiger partial charge in [-0.3, -0.25) is 9.59 Å². The molecule has 0 rings (SSSR count). The van der Waals surface area contributed by atoms with Gasteiger partial charge in [-0.15, -0.1) is 0 Å². The van der Waals surface area contributed by atoms with E-state index in [0.29, 0.717) is 18.4 Å². The summed E-state index contributed by atoms with van der Waals surface area (Å²) in [4.78, 5) is 18.9. The molecule has 10 heavy (non-hydrogen) atoms. The van der Waals surface area contributed by atoms with Gasteiger partial charge in [-0.1, -0.05) is 15.9 Å². The molecular formula is C6H11BrO3. The molecule has 0 unspecified atom stereocenters. The molecule has 0 atom stereocenters. The van der Waals surface area contributed by atoms with E-state index in [-0.39, 0.29) is 5.78 Å². The molecule has 0 aromatic carbocycles. The normalized spacial score (nSPS) is 7.10. The van der Waals surface area contributed by atoms with E-state index in [0.717, 1.165) is 0 Å². The maximum atomic E-state index is 9.77. The monoisotopic (exact) mass is 210 g/mol. The SMILES string of the molecule is CC(=O)CBr.CCOC=O. The minimum Gasteiger partial charge on any atom is -0.468 e. The first kappa shape index (κ1) is 12.3. The molecule has 3 nitrogen and oxygen atoms in total. The molecule has 0 saturated heterocycles. The van der Waals surface area contributed by atoms with Crippen LogP contribution in [0.4, 0.5) is 0 Å². The number of Topliss-reactive ketones (excluding diaryl/α,β-unsaturated/α-hetero) is 1. The Morgan fingerprint density at radius 3 is 2.10 bits per heavy atom. The van der Waals surface area contributed by atoms with Crippen LogP contribution in [0.15, 0.2) is 0 Å². The van der Waals surface area contributed by atoms with Crippen molar-refractivity contribution in [3.63, 3.8) is 0 Å². The Morgan fingerprint density at radius 2 is 2.10 bits per heavy atom. The summed E-state index contributed by atoms with van der Waals surface area (Å²) in [6, 6.07) is 0. The summed E-state index contributed by atoms with van der Waals surface area (Å²) >= 11 is 2.96. The highest BCUT2D eigenvalue weighted by atomic mass is 79.9. The van der Waals surface area contributed by atoms with Gasteiger partial charge < -0.3 is 4.74 Å². The lowest BCUT2D eigenvalue weighted by atomic mass is 10.5. The second-order valence-electron chi connectivity index (χ2n) is 1.39. The van der Waals surface area contributed by atoms with Gasteiger partial charge in [-0.25, -0.2) is 0 Å². The van der Waals surface area contributed by atoms with Crippen molar-refractivity contribution < 1.29 is 14.3 Å². The van der Waals surface area contributed by atoms with E-state index in [4.69, 9.17) is 0 Å². The van der Waals surface area contributed by atoms with Crippen molar-refractivity contribution in [2.24, 2.45) is 0 Å². The lowest BCUT2D eigenvalue weighted by Crippen LogP contribution is -1.85. The lowest BCUT2D eigenvalue weighted by molar-refractivity contribution is -0.128. The zero-order valence-electron chi connectivity index (χ0n) is 6.09. The quantitative estimate of drug-likeness (QED) is 0.519. The van der Waals surface area contributed by atoms with Crippen molar-refractivity contribution in [3.8, 4) is 0 Å². The predicted molar refractivity (Wildman–Crippen MR) is 42.2 cm³/mol. The van der Waals surface area contributed by atoms with E-state index >= 15 is 0 Å². The summed E-state index contributed by atoms with van der Waals surface area (Å²) in [5, 5.41) is 0.479. The van der Waals surface area contributed by atoms with E-state index in [1.54, 1.807) is 6.92 Å². The molecule has 0 aliphatic rings. The Balaban J connectivity index is 0. The summed E-state index contributed by atoms with van der Waals surface area (Å²) < 4.78 is 4.15. The van der Waals surface area contributed by atoms with E-state index in [1.165, 1.54) is 6.92 Å². The fraction of sp³-hybridized carbons (Fsp3) is 0.667. The number of ether oxygens (including phenoxy) is 1. The van der Waals surface area contributed by atoms with Crippen molar-refractivity contribution in [1.82, 2.24) is 0 Å². The van der Waals surface area contributed by atoms with Crippen LogP contribution < -0.4 is 0 Å². The van der Waals surface area contributed by atoms with Gasteiger partial charge in [-0.2, -0.15) is 0 Å². The summed E-state index contributed by atoms with van der Waals surface area (Å²) in [6.07, 6.45) is 0. The number of alkyl halides is 1. The van der Waals surface area contributed by atoms with Gasteiger partial charge >= 0.3 is 0 Å². The number of carbonyl (C=O) groups is 2. The molecule has 0 aliphatic heterocycles. The van der Waals surface area contributed by atoms with Crippen LogP contribution in [0.25, 0.3) is 0 Å². The Bertz CT molecular complexity index is 93.0. The van der Waals surface area contributed by atoms with Gasteiger partial charge in [0.1, 0.15) is 5.78 Å². The minimum absolute atomic E-state index is 0.171. The van der Waals surface area contributed by atoms with Gasteiger partial charge in [-0.05, 0) is 13.8 Å². The highest BCUT2D eigenvalue weighted by Crippen LogP contribution is 1.76. The van der Waals surface area contributed by atoms with Crippen LogP contribution in [0.3, 0.4) is 0 Å². The topological polar surface area (TPSA) is 43.4 Å². The molecule has 0 fully saturated rings. The van der Waals surface area contributed by atoms with Gasteiger partial charge in [0.25, 0.3) is 6.47 Å². The second kappa shape index (κ2) is 11.4. The summed E-state index contributed by atoms with van der Waals surface area (Å²) in [7, 11) is 0. The molecule has 0 bridgehead atoms. The summed E-state index contributed by atoms with van der Waals surface area (Å²) in [6.45, 7) is 4.20. The Hall–Kier alpha value is -0.380. The van der Waals surface area contributed by atoms with Crippen LogP contribution in [0, 0.1) is 0 Å². The molecule has 0 radical (unpaired) electrons. The standard InChI is InChI=1S/C3H5BrO.C3H6O2/c1-3(5)2-4;1-2-5-3-4/h2H2,1H3;3H,2H2,1H3. The molecule has 0 amide bonds. The fourth-order valence-corrected chi connectivity index (χ4v) is 0.0680. The molecule has 0 aromatic rings. The van der Waals surface area contributed by atoms with Crippen LogP contribution in [0.1, 0.15) is 13.8 Å². The number of hydrogen-bond donors (Lipinski definition) is 0. The van der Waals surface area contributed by atoms with Crippen LogP contribution in [-0.4, -0.2) is 24.2 Å². The number of carbonyl (C=O) groups excluding carboxylic acids is 2. The van der Waals surface area contributed by atoms with Gasteiger partial charge in [0.15, 0.2) is 0 Å². The van der Waals surface area contributed by atoms with E-state index in [9.17, 15) is 9.59 Å². The molecule has 0 aliphatic carbocycles. The molecule has 0 aromatic heterocycles. The highest BCUT2D eigenvalue weighted by Gasteiger charge is 1.78. The average molecular weight is 211 g/mol. The van der Waals surface area contributed by atoms with Crippen LogP contribution in [0.5, 0.6) is 0 Å². The maximum Gasteiger partial charge on any atom is 0.293 e. The van der Waals surface area contributed by atoms with Crippen molar-refractivity contribution in [2.45, 2.75) is 13.8 Å². The lowest BCUT2D eigenvalue weighted by Gasteiger charge is -1.79. The van der Waals surface area contributed by atoms with Gasteiger partial charge in [0, 0.05) is 0 Å². The van der Waals surface area contributed by atoms with Crippen molar-refractivity contribution in [3.05, 3.63) is 0 Å². The second-order valence-corrected chi connectivity index (χ2v) is 1.95. The van der Waals surface area contributed by atoms with E-state index < -0.39 is 0 Å². The molecule has 0 spiro atoms. The maximum absolute atomic E-state index is 9.77. The van der Waals surface area contributed by atoms with E-state index in [2.05, 4.69) is 20.7 Å². The molecular weight excluding hydrogens is 200 g/mol. The summed E-state index contributed by atoms with van der Waals surface area (Å²) in [5.41, 5.74) is 0. The first-order chi connectivity index (χ1) is 4.68. The number of rotatable bonds is 3. The van der Waals surface area contributed by atoms with Crippen molar-refractivity contribution in [2.75, 3.05) is 11.9 Å². The third kappa shape index (κ3) is 25.5. The smallest absolute Gasteiger partial charge is 0.293 e. The zero-order valence-corrected chi connectivity index (χ0v) is 7.68. The van der Waals surface area contributed by atoms with E-state index in [1.807, 2.05) is 0 Å². The van der Waals surface area contributed by atoms with Gasteiger partial charge in [0.2, 0.25) is 0 Å². The Kier molecular flexibility index (Phi) is 14.1. The molecule has 0 saturated carbocycles. The number of halogens is 1. The predicted octanol–water partition coefficient (Wildman–Crippen LogP) is 1.15.